The third-order valence-corrected chi connectivity index (χ3v) is 8.22. The van der Waals surface area contributed by atoms with Gasteiger partial charge in [0.15, 0.2) is 0 Å². The van der Waals surface area contributed by atoms with Crippen molar-refractivity contribution in [3.8, 4) is 17.0 Å². The van der Waals surface area contributed by atoms with E-state index >= 15 is 0 Å². The Morgan fingerprint density at radius 1 is 1.14 bits per heavy atom. The van der Waals surface area contributed by atoms with Gasteiger partial charge < -0.3 is 14.4 Å². The second-order valence-electron chi connectivity index (χ2n) is 12.4. The summed E-state index contributed by atoms with van der Waals surface area (Å²) in [5.74, 6) is 0.182. The molecule has 1 aromatic heterocycles. The van der Waals surface area contributed by atoms with E-state index in [9.17, 15) is 14.0 Å². The van der Waals surface area contributed by atoms with Crippen LogP contribution < -0.4 is 4.74 Å². The number of fused-ring (bicyclic) bond motifs is 1. The highest BCUT2D eigenvalue weighted by molar-refractivity contribution is 6.30. The smallest absolute Gasteiger partial charge is 0.411 e. The fourth-order valence-electron chi connectivity index (χ4n) is 6.04. The lowest BCUT2D eigenvalue weighted by molar-refractivity contribution is -0.141. The van der Waals surface area contributed by atoms with Gasteiger partial charge >= 0.3 is 6.09 Å². The van der Waals surface area contributed by atoms with Gasteiger partial charge in [-0.2, -0.15) is 0 Å². The van der Waals surface area contributed by atoms with Crippen LogP contribution in [0.15, 0.2) is 42.6 Å². The molecule has 5 rings (SSSR count). The van der Waals surface area contributed by atoms with Crippen LogP contribution in [-0.2, 0) is 16.0 Å². The maximum atomic E-state index is 14.6. The summed E-state index contributed by atoms with van der Waals surface area (Å²) in [6.07, 6.45) is 2.99. The molecule has 0 N–H and O–H groups in total. The quantitative estimate of drug-likeness (QED) is 0.312. The summed E-state index contributed by atoms with van der Waals surface area (Å²) in [4.78, 5) is 31.2. The first-order valence-corrected chi connectivity index (χ1v) is 15.2. The van der Waals surface area contributed by atoms with E-state index in [0.717, 1.165) is 23.3 Å². The zero-order valence-corrected chi connectivity index (χ0v) is 26.3. The van der Waals surface area contributed by atoms with Gasteiger partial charge in [-0.1, -0.05) is 29.8 Å². The van der Waals surface area contributed by atoms with Crippen LogP contribution >= 0.6 is 11.6 Å². The van der Waals surface area contributed by atoms with E-state index in [-0.39, 0.29) is 41.2 Å². The van der Waals surface area contributed by atoms with E-state index < -0.39 is 23.6 Å². The minimum atomic E-state index is -0.765. The number of halogens is 2. The lowest BCUT2D eigenvalue weighted by Gasteiger charge is -2.42. The molecule has 43 heavy (non-hydrogen) atoms. The number of likely N-dealkylation sites (tertiary alicyclic amines) is 1. The van der Waals surface area contributed by atoms with E-state index in [0.29, 0.717) is 25.1 Å². The molecule has 2 aliphatic rings. The molecule has 1 saturated heterocycles. The van der Waals surface area contributed by atoms with Gasteiger partial charge in [0.2, 0.25) is 5.91 Å². The molecular weight excluding hydrogens is 573 g/mol. The molecule has 2 amide bonds. The van der Waals surface area contributed by atoms with Crippen molar-refractivity contribution in [3.05, 3.63) is 64.6 Å². The van der Waals surface area contributed by atoms with Gasteiger partial charge in [0.25, 0.3) is 0 Å². The summed E-state index contributed by atoms with van der Waals surface area (Å²) in [6, 6.07) is 9.01. The highest BCUT2D eigenvalue weighted by Gasteiger charge is 2.46. The minimum absolute atomic E-state index is 0.0955. The van der Waals surface area contributed by atoms with E-state index in [1.807, 2.05) is 30.9 Å². The summed E-state index contributed by atoms with van der Waals surface area (Å²) < 4.78 is 27.8. The van der Waals surface area contributed by atoms with E-state index in [1.54, 1.807) is 43.8 Å². The summed E-state index contributed by atoms with van der Waals surface area (Å²) in [5.41, 5.74) is 2.10. The molecule has 11 heteroatoms. The highest BCUT2D eigenvalue weighted by atomic mass is 35.5. The zero-order valence-electron chi connectivity index (χ0n) is 25.5. The number of hydrogen-bond donors (Lipinski definition) is 0. The van der Waals surface area contributed by atoms with Crippen molar-refractivity contribution in [2.24, 2.45) is 0 Å². The van der Waals surface area contributed by atoms with Gasteiger partial charge in [-0.25, -0.2) is 13.9 Å². The molecule has 1 fully saturated rings. The van der Waals surface area contributed by atoms with Crippen molar-refractivity contribution in [1.29, 1.82) is 0 Å². The summed E-state index contributed by atoms with van der Waals surface area (Å²) in [6.45, 7) is 12.4. The maximum absolute atomic E-state index is 14.6. The minimum Gasteiger partial charge on any atom is -0.494 e. The Hall–Kier alpha value is -3.66. The third-order valence-electron chi connectivity index (χ3n) is 7.98. The number of ether oxygens (including phenoxy) is 2. The van der Waals surface area contributed by atoms with Crippen molar-refractivity contribution in [2.75, 3.05) is 13.2 Å². The molecule has 0 saturated carbocycles. The van der Waals surface area contributed by atoms with Crippen LogP contribution in [0.3, 0.4) is 0 Å². The number of carbonyl (C=O) groups excluding carboxylic acids is 2. The van der Waals surface area contributed by atoms with Gasteiger partial charge in [-0.05, 0) is 88.9 Å². The number of amides is 2. The lowest BCUT2D eigenvalue weighted by atomic mass is 9.88. The average Bonchev–Trinajstić information content (AvgIpc) is 3.59. The fraction of sp³-hybridized carbons (Fsp3) is 0.500. The second-order valence-corrected chi connectivity index (χ2v) is 12.9. The van der Waals surface area contributed by atoms with Crippen molar-refractivity contribution in [1.82, 2.24) is 24.8 Å². The first kappa shape index (κ1) is 30.8. The molecule has 3 aromatic rings. The molecular formula is C32H39ClFN5O4. The number of nitrogens with zero attached hydrogens (tertiary/aromatic N) is 5. The molecule has 3 unspecified atom stereocenters. The zero-order chi connectivity index (χ0) is 31.1. The van der Waals surface area contributed by atoms with Gasteiger partial charge in [0.05, 0.1) is 24.9 Å². The van der Waals surface area contributed by atoms with Crippen molar-refractivity contribution >= 4 is 23.6 Å². The van der Waals surface area contributed by atoms with Gasteiger partial charge in [-0.15, -0.1) is 5.10 Å². The Labute approximate surface area is 256 Å². The molecule has 9 nitrogen and oxygen atoms in total. The van der Waals surface area contributed by atoms with E-state index in [2.05, 4.69) is 23.3 Å². The molecule has 2 aliphatic heterocycles. The Balaban J connectivity index is 1.42. The van der Waals surface area contributed by atoms with Crippen LogP contribution in [-0.4, -0.2) is 67.6 Å². The van der Waals surface area contributed by atoms with Crippen LogP contribution in [0, 0.1) is 5.82 Å². The number of aromatic nitrogens is 3. The topological polar surface area (TPSA) is 89.8 Å². The van der Waals surface area contributed by atoms with E-state index in [1.165, 1.54) is 11.0 Å². The van der Waals surface area contributed by atoms with Gasteiger partial charge in [0, 0.05) is 29.6 Å². The highest BCUT2D eigenvalue weighted by Crippen LogP contribution is 2.38. The molecule has 2 aromatic carbocycles. The van der Waals surface area contributed by atoms with Crippen LogP contribution in [0.25, 0.3) is 11.3 Å². The monoisotopic (exact) mass is 611 g/mol. The van der Waals surface area contributed by atoms with Crippen molar-refractivity contribution in [3.63, 3.8) is 0 Å². The van der Waals surface area contributed by atoms with Crippen LogP contribution in [0.4, 0.5) is 9.18 Å². The van der Waals surface area contributed by atoms with Gasteiger partial charge in [-0.3, -0.25) is 9.69 Å². The molecule has 230 valence electrons. The van der Waals surface area contributed by atoms with Crippen LogP contribution in [0.2, 0.25) is 5.02 Å². The van der Waals surface area contributed by atoms with Gasteiger partial charge in [0.1, 0.15) is 28.9 Å². The van der Waals surface area contributed by atoms with Crippen LogP contribution in [0.5, 0.6) is 5.75 Å². The normalized spacial score (nSPS) is 22.0. The third kappa shape index (κ3) is 6.49. The number of benzene rings is 2. The summed E-state index contributed by atoms with van der Waals surface area (Å²) in [5, 5.41) is 8.71. The number of carbonyl (C=O) groups is 2. The maximum Gasteiger partial charge on any atom is 0.411 e. The molecule has 0 bridgehead atoms. The standard InChI is InChI=1S/C32H39ClFN5O4/c1-7-12-42-24-9-11-25-20(3)39(19(2)13-21(25)14-24)30(40)29-16-23(17-37(29)31(41)43-32(4,5)6)38-18-28(35-36-38)26-10-8-22(33)15-27(26)34/h8-11,14-15,18-20,23,29H,7,12-13,16-17H2,1-6H3/t19?,20?,23?,29-/m0/s1. The van der Waals surface area contributed by atoms with Crippen LogP contribution in [0.1, 0.15) is 77.6 Å². The first-order chi connectivity index (χ1) is 20.4. The van der Waals surface area contributed by atoms with Crippen molar-refractivity contribution in [2.45, 2.75) is 90.6 Å². The lowest BCUT2D eigenvalue weighted by Crippen LogP contribution is -2.53. The Kier molecular flexibility index (Phi) is 8.70. The molecule has 3 heterocycles. The second kappa shape index (κ2) is 12.1. The molecule has 0 spiro atoms. The predicted molar refractivity (Wildman–Crippen MR) is 161 cm³/mol. The molecule has 0 radical (unpaired) electrons. The predicted octanol–water partition coefficient (Wildman–Crippen LogP) is 6.61. The Bertz CT molecular complexity index is 1510. The first-order valence-electron chi connectivity index (χ1n) is 14.8. The number of rotatable bonds is 6. The SMILES string of the molecule is CCCOc1ccc2c(c1)CC(C)N(C(=O)[C@@H]1CC(n3cc(-c4ccc(Cl)cc4F)nn3)CN1C(=O)OC(C)(C)C)C2C. The molecule has 4 atom stereocenters. The fourth-order valence-corrected chi connectivity index (χ4v) is 6.20. The van der Waals surface area contributed by atoms with Crippen molar-refractivity contribution < 1.29 is 23.5 Å². The summed E-state index contributed by atoms with van der Waals surface area (Å²) >= 11 is 5.92. The van der Waals surface area contributed by atoms with E-state index in [4.69, 9.17) is 21.1 Å². The largest absolute Gasteiger partial charge is 0.494 e. The number of hydrogen-bond acceptors (Lipinski definition) is 6. The Morgan fingerprint density at radius 2 is 1.91 bits per heavy atom. The summed E-state index contributed by atoms with van der Waals surface area (Å²) in [7, 11) is 0. The Morgan fingerprint density at radius 3 is 2.60 bits per heavy atom. The molecule has 0 aliphatic carbocycles. The average molecular weight is 612 g/mol.